The number of ketones is 1. The molecule has 1 atom stereocenters. The zero-order valence-electron chi connectivity index (χ0n) is 24.0. The van der Waals surface area contributed by atoms with Gasteiger partial charge in [-0.3, -0.25) is 14.4 Å². The van der Waals surface area contributed by atoms with E-state index in [-0.39, 0.29) is 54.3 Å². The molecular weight excluding hydrogens is 599 g/mol. The molecule has 2 aromatic rings. The summed E-state index contributed by atoms with van der Waals surface area (Å²) in [5.41, 5.74) is -1.79. The Labute approximate surface area is 253 Å². The quantitative estimate of drug-likeness (QED) is 0.234. The molecular formula is C27H37ClF3N5O5S. The first-order valence-electron chi connectivity index (χ1n) is 13.4. The molecule has 234 valence electrons. The molecule has 3 rings (SSSR count). The number of benzene rings is 1. The highest BCUT2D eigenvalue weighted by atomic mass is 35.5. The second-order valence-corrected chi connectivity index (χ2v) is 11.7. The van der Waals surface area contributed by atoms with Gasteiger partial charge in [0, 0.05) is 12.3 Å². The third-order valence-electron chi connectivity index (χ3n) is 6.56. The van der Waals surface area contributed by atoms with Gasteiger partial charge in [0.1, 0.15) is 11.3 Å². The van der Waals surface area contributed by atoms with Crippen molar-refractivity contribution in [2.24, 2.45) is 5.92 Å². The average molecular weight is 636 g/mol. The van der Waals surface area contributed by atoms with E-state index in [4.69, 9.17) is 4.42 Å². The fraction of sp³-hybridized carbons (Fsp3) is 0.593. The van der Waals surface area contributed by atoms with Crippen LogP contribution in [0.25, 0.3) is 0 Å². The van der Waals surface area contributed by atoms with Crippen molar-refractivity contribution in [1.29, 1.82) is 0 Å². The number of para-hydroxylation sites is 1. The number of carbonyl (C=O) groups excluding carboxylic acids is 3. The molecule has 0 radical (unpaired) electrons. The molecule has 1 aliphatic rings. The summed E-state index contributed by atoms with van der Waals surface area (Å²) in [5, 5.41) is 13.5. The van der Waals surface area contributed by atoms with E-state index in [0.717, 1.165) is 19.0 Å². The van der Waals surface area contributed by atoms with Crippen LogP contribution >= 0.6 is 24.2 Å². The van der Waals surface area contributed by atoms with E-state index in [1.165, 1.54) is 30.0 Å². The fourth-order valence-electron chi connectivity index (χ4n) is 4.55. The first-order valence-corrected chi connectivity index (χ1v) is 14.4. The Hall–Kier alpha value is -2.84. The Kier molecular flexibility index (Phi) is 13.1. The number of hydrogen-bond donors (Lipinski definition) is 2. The van der Waals surface area contributed by atoms with Gasteiger partial charge in [0.15, 0.2) is 0 Å². The first-order chi connectivity index (χ1) is 19.3. The molecule has 1 unspecified atom stereocenters. The van der Waals surface area contributed by atoms with Crippen LogP contribution in [0.3, 0.4) is 0 Å². The van der Waals surface area contributed by atoms with Crippen LogP contribution in [0.2, 0.25) is 0 Å². The molecule has 0 saturated heterocycles. The second-order valence-electron chi connectivity index (χ2n) is 10.7. The van der Waals surface area contributed by atoms with Crippen LogP contribution in [0, 0.1) is 5.92 Å². The smallest absolute Gasteiger partial charge is 0.408 e. The maximum Gasteiger partial charge on any atom is 0.573 e. The molecule has 1 saturated carbocycles. The van der Waals surface area contributed by atoms with Crippen molar-refractivity contribution < 1.29 is 36.7 Å². The number of thioether (sulfide) groups is 1. The van der Waals surface area contributed by atoms with Gasteiger partial charge in [-0.2, -0.15) is 0 Å². The molecule has 42 heavy (non-hydrogen) atoms. The topological polar surface area (TPSA) is 127 Å². The highest BCUT2D eigenvalue weighted by molar-refractivity contribution is 7.99. The van der Waals surface area contributed by atoms with Crippen LogP contribution in [-0.2, 0) is 4.79 Å². The highest BCUT2D eigenvalue weighted by Crippen LogP contribution is 2.32. The molecule has 2 N–H and O–H groups in total. The maximum atomic E-state index is 13.8. The number of carbonyl (C=O) groups is 3. The average Bonchev–Trinajstić information content (AvgIpc) is 3.36. The van der Waals surface area contributed by atoms with Crippen molar-refractivity contribution in [3.63, 3.8) is 0 Å². The minimum atomic E-state index is -5.00. The summed E-state index contributed by atoms with van der Waals surface area (Å²) in [7, 11) is 3.86. The Morgan fingerprint density at radius 2 is 1.79 bits per heavy atom. The molecule has 1 fully saturated rings. The number of nitrogens with one attached hydrogen (secondary N) is 2. The van der Waals surface area contributed by atoms with Crippen LogP contribution in [0.1, 0.15) is 73.4 Å². The number of Topliss-reactive ketones (excluding diaryl/α,β-unsaturated/α-hetero) is 1. The third-order valence-corrected chi connectivity index (χ3v) is 7.36. The monoisotopic (exact) mass is 635 g/mol. The van der Waals surface area contributed by atoms with E-state index in [2.05, 4.69) is 25.6 Å². The second kappa shape index (κ2) is 15.6. The number of alkyl halides is 3. The summed E-state index contributed by atoms with van der Waals surface area (Å²) >= 11 is 1.31. The zero-order valence-corrected chi connectivity index (χ0v) is 25.6. The van der Waals surface area contributed by atoms with E-state index < -0.39 is 41.3 Å². The largest absolute Gasteiger partial charge is 0.573 e. The van der Waals surface area contributed by atoms with E-state index in [0.29, 0.717) is 18.6 Å². The lowest BCUT2D eigenvalue weighted by molar-refractivity contribution is -0.274. The van der Waals surface area contributed by atoms with Crippen LogP contribution < -0.4 is 15.4 Å². The Balaban J connectivity index is 0.00000616. The maximum absolute atomic E-state index is 13.8. The van der Waals surface area contributed by atoms with Crippen LogP contribution in [0.15, 0.2) is 33.9 Å². The molecule has 10 nitrogen and oxygen atoms in total. The predicted molar refractivity (Wildman–Crippen MR) is 153 cm³/mol. The van der Waals surface area contributed by atoms with Gasteiger partial charge in [-0.05, 0) is 51.4 Å². The molecule has 0 aliphatic heterocycles. The van der Waals surface area contributed by atoms with Crippen molar-refractivity contribution >= 4 is 41.8 Å². The lowest BCUT2D eigenvalue weighted by Crippen LogP contribution is -2.62. The lowest BCUT2D eigenvalue weighted by Gasteiger charge is -2.37. The van der Waals surface area contributed by atoms with Crippen LogP contribution in [-0.4, -0.2) is 77.0 Å². The molecule has 0 bridgehead atoms. The summed E-state index contributed by atoms with van der Waals surface area (Å²) in [5.74, 6) is -2.27. The van der Waals surface area contributed by atoms with Gasteiger partial charge in [-0.15, -0.1) is 35.8 Å². The number of halogens is 4. The van der Waals surface area contributed by atoms with Gasteiger partial charge in [0.2, 0.25) is 11.7 Å². The van der Waals surface area contributed by atoms with Crippen molar-refractivity contribution in [2.45, 2.75) is 75.5 Å². The summed E-state index contributed by atoms with van der Waals surface area (Å²) in [6.07, 6.45) is -2.19. The summed E-state index contributed by atoms with van der Waals surface area (Å²) < 4.78 is 48.4. The SMILES string of the molecule is CC(C)CC(NC(=O)C1(NC(=O)c2ccccc2OC(F)(F)F)CCCCC1)C(=O)c1nnc(SCCN(C)C)o1.Cl. The van der Waals surface area contributed by atoms with Gasteiger partial charge < -0.3 is 24.7 Å². The summed E-state index contributed by atoms with van der Waals surface area (Å²) in [4.78, 5) is 42.4. The van der Waals surface area contributed by atoms with Gasteiger partial charge >= 0.3 is 6.36 Å². The molecule has 0 spiro atoms. The van der Waals surface area contributed by atoms with Crippen molar-refractivity contribution in [1.82, 2.24) is 25.7 Å². The first kappa shape index (κ1) is 35.4. The Morgan fingerprint density at radius 1 is 1.12 bits per heavy atom. The van der Waals surface area contributed by atoms with Gasteiger partial charge in [0.05, 0.1) is 11.6 Å². The molecule has 15 heteroatoms. The number of ether oxygens (including phenoxy) is 1. The molecule has 1 aliphatic carbocycles. The van der Waals surface area contributed by atoms with Crippen molar-refractivity contribution in [2.75, 3.05) is 26.4 Å². The van der Waals surface area contributed by atoms with E-state index >= 15 is 0 Å². The zero-order chi connectivity index (χ0) is 30.2. The van der Waals surface area contributed by atoms with Gasteiger partial charge in [-0.1, -0.05) is 57.0 Å². The summed E-state index contributed by atoms with van der Waals surface area (Å²) in [6.45, 7) is 4.54. The van der Waals surface area contributed by atoms with Crippen molar-refractivity contribution in [3.8, 4) is 5.75 Å². The number of amides is 2. The van der Waals surface area contributed by atoms with E-state index in [1.807, 2.05) is 32.8 Å². The van der Waals surface area contributed by atoms with Crippen LogP contribution in [0.4, 0.5) is 13.2 Å². The Morgan fingerprint density at radius 3 is 2.40 bits per heavy atom. The van der Waals surface area contributed by atoms with Crippen molar-refractivity contribution in [3.05, 3.63) is 35.7 Å². The number of aromatic nitrogens is 2. The molecule has 1 heterocycles. The fourth-order valence-corrected chi connectivity index (χ4v) is 5.42. The predicted octanol–water partition coefficient (Wildman–Crippen LogP) is 4.89. The molecule has 1 aromatic heterocycles. The van der Waals surface area contributed by atoms with E-state index in [9.17, 15) is 27.6 Å². The number of nitrogens with zero attached hydrogens (tertiary/aromatic N) is 3. The van der Waals surface area contributed by atoms with Gasteiger partial charge in [0.25, 0.3) is 17.0 Å². The van der Waals surface area contributed by atoms with Crippen LogP contribution in [0.5, 0.6) is 5.75 Å². The highest BCUT2D eigenvalue weighted by Gasteiger charge is 2.43. The molecule has 1 aromatic carbocycles. The minimum Gasteiger partial charge on any atom is -0.408 e. The minimum absolute atomic E-state index is 0. The summed E-state index contributed by atoms with van der Waals surface area (Å²) in [6, 6.07) is 3.93. The number of hydrogen-bond acceptors (Lipinski definition) is 9. The standard InChI is InChI=1S/C27H36F3N5O5S.ClH/c1-17(2)16-19(21(36)23-33-34-25(39-23)41-15-14-35(3)4)31-24(38)26(12-8-5-9-13-26)32-22(37)18-10-6-7-11-20(18)40-27(28,29)30;/h6-7,10-11,17,19H,5,8-9,12-16H2,1-4H3,(H,31,38)(H,32,37);1H. The number of rotatable bonds is 13. The molecule has 2 amide bonds. The Bertz CT molecular complexity index is 1200. The third kappa shape index (κ3) is 10.2. The van der Waals surface area contributed by atoms with E-state index in [1.54, 1.807) is 0 Å². The van der Waals surface area contributed by atoms with Gasteiger partial charge in [-0.25, -0.2) is 0 Å². The lowest BCUT2D eigenvalue weighted by atomic mass is 9.80. The normalized spacial score (nSPS) is 15.5.